The van der Waals surface area contributed by atoms with E-state index in [1.807, 2.05) is 0 Å². The zero-order valence-corrected chi connectivity index (χ0v) is 16.8. The standard InChI is InChI=1S/C23H46/c1-5-7-8-9-10-11-12-15-20-23(4)21-17-14-13-16-19-22(3)18-6-2/h22H,4-21H2,1-3H3. The van der Waals surface area contributed by atoms with E-state index in [1.54, 1.807) is 0 Å². The quantitative estimate of drug-likeness (QED) is 0.174. The molecule has 0 saturated heterocycles. The lowest BCUT2D eigenvalue weighted by Crippen LogP contribution is -1.93. The average Bonchev–Trinajstić information content (AvgIpc) is 2.53. The van der Waals surface area contributed by atoms with Crippen LogP contribution in [0, 0.1) is 5.92 Å². The number of hydrogen-bond donors (Lipinski definition) is 0. The first-order chi connectivity index (χ1) is 11.2. The zero-order valence-electron chi connectivity index (χ0n) is 16.8. The largest absolute Gasteiger partial charge is 0.0999 e. The summed E-state index contributed by atoms with van der Waals surface area (Å²) in [5.41, 5.74) is 1.51. The van der Waals surface area contributed by atoms with Crippen molar-refractivity contribution < 1.29 is 0 Å². The minimum absolute atomic E-state index is 0.942. The van der Waals surface area contributed by atoms with Crippen molar-refractivity contribution >= 4 is 0 Å². The number of unbranched alkanes of at least 4 members (excludes halogenated alkanes) is 10. The van der Waals surface area contributed by atoms with Crippen molar-refractivity contribution in [3.63, 3.8) is 0 Å². The summed E-state index contributed by atoms with van der Waals surface area (Å²) in [6, 6.07) is 0. The lowest BCUT2D eigenvalue weighted by atomic mass is 9.97. The van der Waals surface area contributed by atoms with Gasteiger partial charge in [0.1, 0.15) is 0 Å². The summed E-state index contributed by atoms with van der Waals surface area (Å²) in [7, 11) is 0. The number of hydrogen-bond acceptors (Lipinski definition) is 0. The van der Waals surface area contributed by atoms with Gasteiger partial charge in [-0.05, 0) is 31.6 Å². The van der Waals surface area contributed by atoms with Crippen molar-refractivity contribution in [2.75, 3.05) is 0 Å². The minimum Gasteiger partial charge on any atom is -0.0999 e. The lowest BCUT2D eigenvalue weighted by molar-refractivity contribution is 0.453. The summed E-state index contributed by atoms with van der Waals surface area (Å²) >= 11 is 0. The van der Waals surface area contributed by atoms with Crippen LogP contribution in [-0.2, 0) is 0 Å². The van der Waals surface area contributed by atoms with Gasteiger partial charge in [-0.3, -0.25) is 0 Å². The van der Waals surface area contributed by atoms with Crippen molar-refractivity contribution in [3.8, 4) is 0 Å². The fraction of sp³-hybridized carbons (Fsp3) is 0.913. The van der Waals surface area contributed by atoms with E-state index in [9.17, 15) is 0 Å². The van der Waals surface area contributed by atoms with Gasteiger partial charge in [-0.2, -0.15) is 0 Å². The van der Waals surface area contributed by atoms with Crippen LogP contribution in [0.4, 0.5) is 0 Å². The Bertz CT molecular complexity index is 240. The molecule has 0 N–H and O–H groups in total. The predicted molar refractivity (Wildman–Crippen MR) is 108 cm³/mol. The third-order valence-electron chi connectivity index (χ3n) is 5.14. The zero-order chi connectivity index (χ0) is 17.2. The van der Waals surface area contributed by atoms with E-state index in [-0.39, 0.29) is 0 Å². The van der Waals surface area contributed by atoms with E-state index in [4.69, 9.17) is 0 Å². The van der Waals surface area contributed by atoms with Crippen molar-refractivity contribution in [1.29, 1.82) is 0 Å². The minimum atomic E-state index is 0.942. The van der Waals surface area contributed by atoms with Crippen molar-refractivity contribution in [2.24, 2.45) is 5.92 Å². The van der Waals surface area contributed by atoms with Gasteiger partial charge in [-0.1, -0.05) is 116 Å². The van der Waals surface area contributed by atoms with Crippen molar-refractivity contribution in [3.05, 3.63) is 12.2 Å². The number of rotatable bonds is 18. The molecule has 0 fully saturated rings. The highest BCUT2D eigenvalue weighted by Crippen LogP contribution is 2.18. The van der Waals surface area contributed by atoms with Crippen molar-refractivity contribution in [1.82, 2.24) is 0 Å². The molecule has 0 aromatic heterocycles. The lowest BCUT2D eigenvalue weighted by Gasteiger charge is -2.09. The Morgan fingerprint density at radius 1 is 0.609 bits per heavy atom. The highest BCUT2D eigenvalue weighted by molar-refractivity contribution is 4.93. The smallest absolute Gasteiger partial charge is 0.0323 e. The Kier molecular flexibility index (Phi) is 17.9. The molecule has 1 unspecified atom stereocenters. The molecule has 0 heteroatoms. The molecule has 0 aromatic carbocycles. The maximum atomic E-state index is 4.28. The molecule has 0 aliphatic carbocycles. The van der Waals surface area contributed by atoms with Crippen LogP contribution >= 0.6 is 0 Å². The Morgan fingerprint density at radius 2 is 1.09 bits per heavy atom. The molecule has 0 saturated carbocycles. The molecule has 0 aliphatic heterocycles. The highest BCUT2D eigenvalue weighted by atomic mass is 14.1. The molecule has 0 rings (SSSR count). The molecule has 0 spiro atoms. The third-order valence-corrected chi connectivity index (χ3v) is 5.14. The molecule has 0 radical (unpaired) electrons. The fourth-order valence-electron chi connectivity index (χ4n) is 3.49. The Morgan fingerprint density at radius 3 is 1.61 bits per heavy atom. The van der Waals surface area contributed by atoms with Crippen LogP contribution < -0.4 is 0 Å². The van der Waals surface area contributed by atoms with Crippen LogP contribution in [0.15, 0.2) is 12.2 Å². The molecule has 23 heavy (non-hydrogen) atoms. The van der Waals surface area contributed by atoms with Gasteiger partial charge in [-0.25, -0.2) is 0 Å². The second kappa shape index (κ2) is 18.1. The van der Waals surface area contributed by atoms with E-state index < -0.39 is 0 Å². The third kappa shape index (κ3) is 17.9. The predicted octanol–water partition coefficient (Wildman–Crippen LogP) is 8.85. The van der Waals surface area contributed by atoms with Gasteiger partial charge in [-0.15, -0.1) is 0 Å². The molecule has 0 aliphatic rings. The first kappa shape index (κ1) is 22.7. The summed E-state index contributed by atoms with van der Waals surface area (Å²) < 4.78 is 0. The summed E-state index contributed by atoms with van der Waals surface area (Å²) in [4.78, 5) is 0. The van der Waals surface area contributed by atoms with Crippen LogP contribution in [0.1, 0.15) is 130 Å². The van der Waals surface area contributed by atoms with Gasteiger partial charge in [0.25, 0.3) is 0 Å². The van der Waals surface area contributed by atoms with E-state index in [2.05, 4.69) is 27.4 Å². The van der Waals surface area contributed by atoms with E-state index in [0.717, 1.165) is 5.92 Å². The molecular weight excluding hydrogens is 276 g/mol. The second-order valence-corrected chi connectivity index (χ2v) is 7.82. The monoisotopic (exact) mass is 322 g/mol. The summed E-state index contributed by atoms with van der Waals surface area (Å²) in [5, 5.41) is 0. The summed E-state index contributed by atoms with van der Waals surface area (Å²) in [6.45, 7) is 11.3. The fourth-order valence-corrected chi connectivity index (χ4v) is 3.49. The van der Waals surface area contributed by atoms with Crippen LogP contribution in [-0.4, -0.2) is 0 Å². The summed E-state index contributed by atoms with van der Waals surface area (Å²) in [6.07, 6.45) is 23.8. The van der Waals surface area contributed by atoms with Crippen LogP contribution in [0.2, 0.25) is 0 Å². The second-order valence-electron chi connectivity index (χ2n) is 7.82. The maximum absolute atomic E-state index is 4.28. The topological polar surface area (TPSA) is 0 Å². The van der Waals surface area contributed by atoms with Crippen LogP contribution in [0.5, 0.6) is 0 Å². The van der Waals surface area contributed by atoms with Crippen LogP contribution in [0.3, 0.4) is 0 Å². The first-order valence-corrected chi connectivity index (χ1v) is 10.9. The van der Waals surface area contributed by atoms with E-state index in [1.165, 1.54) is 115 Å². The van der Waals surface area contributed by atoms with Gasteiger partial charge in [0, 0.05) is 0 Å². The van der Waals surface area contributed by atoms with Gasteiger partial charge < -0.3 is 0 Å². The van der Waals surface area contributed by atoms with Gasteiger partial charge in [0.2, 0.25) is 0 Å². The maximum Gasteiger partial charge on any atom is -0.0323 e. The van der Waals surface area contributed by atoms with Gasteiger partial charge in [0.15, 0.2) is 0 Å². The molecule has 0 bridgehead atoms. The first-order valence-electron chi connectivity index (χ1n) is 10.9. The van der Waals surface area contributed by atoms with Crippen molar-refractivity contribution in [2.45, 2.75) is 130 Å². The molecule has 1 atom stereocenters. The molecule has 0 aromatic rings. The van der Waals surface area contributed by atoms with Gasteiger partial charge >= 0.3 is 0 Å². The van der Waals surface area contributed by atoms with Crippen LogP contribution in [0.25, 0.3) is 0 Å². The SMILES string of the molecule is C=C(CCCCCCCCCC)CCCCCCC(C)CCC. The Balaban J connectivity index is 3.22. The van der Waals surface area contributed by atoms with Gasteiger partial charge in [0.05, 0.1) is 0 Å². The Labute approximate surface area is 148 Å². The van der Waals surface area contributed by atoms with E-state index >= 15 is 0 Å². The summed E-state index contributed by atoms with van der Waals surface area (Å²) in [5.74, 6) is 0.942. The molecule has 0 heterocycles. The average molecular weight is 323 g/mol. The highest BCUT2D eigenvalue weighted by Gasteiger charge is 2.01. The molecular formula is C23H46. The molecule has 138 valence electrons. The van der Waals surface area contributed by atoms with E-state index in [0.29, 0.717) is 0 Å². The normalized spacial score (nSPS) is 12.5. The molecule has 0 amide bonds. The molecule has 0 nitrogen and oxygen atoms in total. The Hall–Kier alpha value is -0.260. The number of allylic oxidation sites excluding steroid dienone is 1.